The largest absolute Gasteiger partial charge is 0.309 e. The van der Waals surface area contributed by atoms with Crippen molar-refractivity contribution in [2.45, 2.75) is 0 Å². The molecule has 0 spiro atoms. The molecular formula is C48H32N4. The summed E-state index contributed by atoms with van der Waals surface area (Å²) in [5.41, 5.74) is 12.8. The number of hydrogen-bond acceptors (Lipinski definition) is 2. The minimum atomic E-state index is 0.705. The molecule has 7 aromatic carbocycles. The highest BCUT2D eigenvalue weighted by Gasteiger charge is 2.17. The molecule has 0 saturated heterocycles. The number of benzene rings is 7. The van der Waals surface area contributed by atoms with Crippen LogP contribution >= 0.6 is 0 Å². The number of aromatic nitrogens is 4. The highest BCUT2D eigenvalue weighted by molar-refractivity contribution is 6.09. The van der Waals surface area contributed by atoms with E-state index in [9.17, 15) is 0 Å². The predicted molar refractivity (Wildman–Crippen MR) is 215 cm³/mol. The molecule has 0 N–H and O–H groups in total. The fourth-order valence-corrected chi connectivity index (χ4v) is 7.52. The minimum absolute atomic E-state index is 0.705. The van der Waals surface area contributed by atoms with Crippen LogP contribution in [0.3, 0.4) is 0 Å². The maximum absolute atomic E-state index is 5.13. The van der Waals surface area contributed by atoms with Gasteiger partial charge in [0.1, 0.15) is 0 Å². The lowest BCUT2D eigenvalue weighted by Crippen LogP contribution is -2.00. The molecule has 0 bridgehead atoms. The van der Waals surface area contributed by atoms with Crippen LogP contribution in [0.2, 0.25) is 0 Å². The Kier molecular flexibility index (Phi) is 7.10. The number of para-hydroxylation sites is 3. The predicted octanol–water partition coefficient (Wildman–Crippen LogP) is 12.2. The summed E-state index contributed by atoms with van der Waals surface area (Å²) >= 11 is 0. The Balaban J connectivity index is 1.14. The van der Waals surface area contributed by atoms with Gasteiger partial charge in [-0.25, -0.2) is 9.97 Å². The maximum Gasteiger partial charge on any atom is 0.160 e. The van der Waals surface area contributed by atoms with E-state index < -0.39 is 0 Å². The van der Waals surface area contributed by atoms with Crippen molar-refractivity contribution in [1.82, 2.24) is 19.1 Å². The molecule has 0 radical (unpaired) electrons. The second-order valence-electron chi connectivity index (χ2n) is 13.1. The highest BCUT2D eigenvalue weighted by atomic mass is 15.0. The fourth-order valence-electron chi connectivity index (χ4n) is 7.52. The third kappa shape index (κ3) is 5.09. The average molecular weight is 665 g/mol. The summed E-state index contributed by atoms with van der Waals surface area (Å²) < 4.78 is 4.76. The van der Waals surface area contributed by atoms with Crippen molar-refractivity contribution in [2.24, 2.45) is 0 Å². The van der Waals surface area contributed by atoms with Crippen LogP contribution in [0.1, 0.15) is 0 Å². The Morgan fingerprint density at radius 2 is 0.827 bits per heavy atom. The Morgan fingerprint density at radius 3 is 1.52 bits per heavy atom. The van der Waals surface area contributed by atoms with Gasteiger partial charge in [-0.2, -0.15) is 0 Å². The van der Waals surface area contributed by atoms with Crippen molar-refractivity contribution in [2.75, 3.05) is 0 Å². The second kappa shape index (κ2) is 12.4. The van der Waals surface area contributed by atoms with Gasteiger partial charge in [0.05, 0.1) is 33.6 Å². The molecule has 0 fully saturated rings. The summed E-state index contributed by atoms with van der Waals surface area (Å²) in [6, 6.07) is 68.5. The van der Waals surface area contributed by atoms with Crippen LogP contribution in [0.25, 0.3) is 89.2 Å². The minimum Gasteiger partial charge on any atom is -0.309 e. The Morgan fingerprint density at radius 1 is 0.327 bits per heavy atom. The first kappa shape index (κ1) is 29.8. The van der Waals surface area contributed by atoms with Crippen LogP contribution in [0, 0.1) is 0 Å². The van der Waals surface area contributed by atoms with E-state index in [1.807, 2.05) is 24.3 Å². The van der Waals surface area contributed by atoms with Crippen LogP contribution in [-0.2, 0) is 0 Å². The molecule has 0 aliphatic heterocycles. The normalized spacial score (nSPS) is 11.5. The first-order valence-corrected chi connectivity index (χ1v) is 17.6. The number of nitrogens with zero attached hydrogens (tertiary/aromatic N) is 4. The van der Waals surface area contributed by atoms with Crippen molar-refractivity contribution in [1.29, 1.82) is 0 Å². The standard InChI is InChI=1S/C48H32N4/c1-3-15-33(16-4-1)42-32-43(50-48(49-42)34-17-5-2-6-18-34)35-20-13-22-38(29-35)51-44-26-10-7-19-37(44)31-47(51)36-21-14-23-39(30-36)52-45-27-11-8-24-40(45)41-25-9-12-28-46(41)52/h1-32H. The van der Waals surface area contributed by atoms with Gasteiger partial charge in [-0.3, -0.25) is 0 Å². The molecule has 244 valence electrons. The van der Waals surface area contributed by atoms with Gasteiger partial charge in [0, 0.05) is 49.8 Å². The zero-order chi connectivity index (χ0) is 34.4. The number of rotatable bonds is 6. The van der Waals surface area contributed by atoms with E-state index >= 15 is 0 Å². The van der Waals surface area contributed by atoms with Gasteiger partial charge in [-0.15, -0.1) is 0 Å². The third-order valence-corrected chi connectivity index (χ3v) is 9.92. The van der Waals surface area contributed by atoms with Gasteiger partial charge in [0.15, 0.2) is 5.82 Å². The molecule has 0 saturated carbocycles. The molecule has 0 aliphatic carbocycles. The van der Waals surface area contributed by atoms with Crippen LogP contribution < -0.4 is 0 Å². The molecule has 10 aromatic rings. The van der Waals surface area contributed by atoms with E-state index in [1.54, 1.807) is 0 Å². The van der Waals surface area contributed by atoms with Crippen molar-refractivity contribution < 1.29 is 0 Å². The Bertz CT molecular complexity index is 2790. The van der Waals surface area contributed by atoms with Gasteiger partial charge in [0.2, 0.25) is 0 Å². The number of hydrogen-bond donors (Lipinski definition) is 0. The monoisotopic (exact) mass is 664 g/mol. The SMILES string of the molecule is c1ccc(-c2cc(-c3cccc(-n4c(-c5cccc(-n6c7ccccc7c7ccccc76)c5)cc5ccccc54)c3)nc(-c3ccccc3)n2)cc1. The van der Waals surface area contributed by atoms with E-state index in [1.165, 1.54) is 27.2 Å². The lowest BCUT2D eigenvalue weighted by molar-refractivity contribution is 1.12. The number of fused-ring (bicyclic) bond motifs is 4. The molecule has 3 heterocycles. The van der Waals surface area contributed by atoms with Crippen LogP contribution in [0.4, 0.5) is 0 Å². The summed E-state index contributed by atoms with van der Waals surface area (Å²) in [6.07, 6.45) is 0. The van der Waals surface area contributed by atoms with Gasteiger partial charge >= 0.3 is 0 Å². The first-order chi connectivity index (χ1) is 25.8. The molecule has 0 amide bonds. The molecule has 4 heteroatoms. The molecular weight excluding hydrogens is 633 g/mol. The van der Waals surface area contributed by atoms with E-state index in [0.717, 1.165) is 56.2 Å². The molecule has 0 unspecified atom stereocenters. The molecule has 3 aromatic heterocycles. The zero-order valence-electron chi connectivity index (χ0n) is 28.3. The van der Waals surface area contributed by atoms with Crippen LogP contribution in [0.5, 0.6) is 0 Å². The lowest BCUT2D eigenvalue weighted by atomic mass is 10.1. The summed E-state index contributed by atoms with van der Waals surface area (Å²) in [7, 11) is 0. The summed E-state index contributed by atoms with van der Waals surface area (Å²) in [6.45, 7) is 0. The average Bonchev–Trinajstić information content (AvgIpc) is 3.78. The second-order valence-corrected chi connectivity index (χ2v) is 13.1. The van der Waals surface area contributed by atoms with Crippen molar-refractivity contribution in [3.05, 3.63) is 194 Å². The highest BCUT2D eigenvalue weighted by Crippen LogP contribution is 2.37. The zero-order valence-corrected chi connectivity index (χ0v) is 28.3. The van der Waals surface area contributed by atoms with E-state index in [2.05, 4.69) is 179 Å². The smallest absolute Gasteiger partial charge is 0.160 e. The van der Waals surface area contributed by atoms with Gasteiger partial charge < -0.3 is 9.13 Å². The topological polar surface area (TPSA) is 35.6 Å². The quantitative estimate of drug-likeness (QED) is 0.177. The van der Waals surface area contributed by atoms with Gasteiger partial charge in [0.25, 0.3) is 0 Å². The van der Waals surface area contributed by atoms with Crippen molar-refractivity contribution in [3.63, 3.8) is 0 Å². The lowest BCUT2D eigenvalue weighted by Gasteiger charge is -2.15. The Hall–Kier alpha value is -7.04. The van der Waals surface area contributed by atoms with Gasteiger partial charge in [-0.1, -0.05) is 140 Å². The van der Waals surface area contributed by atoms with E-state index in [0.29, 0.717) is 5.82 Å². The van der Waals surface area contributed by atoms with Crippen LogP contribution in [-0.4, -0.2) is 19.1 Å². The molecule has 4 nitrogen and oxygen atoms in total. The summed E-state index contributed by atoms with van der Waals surface area (Å²) in [5.74, 6) is 0.705. The van der Waals surface area contributed by atoms with Gasteiger partial charge in [-0.05, 0) is 54.6 Å². The maximum atomic E-state index is 5.13. The summed E-state index contributed by atoms with van der Waals surface area (Å²) in [5, 5.41) is 3.69. The Labute approximate surface area is 301 Å². The molecule has 0 aliphatic rings. The third-order valence-electron chi connectivity index (χ3n) is 9.92. The fraction of sp³-hybridized carbons (Fsp3) is 0. The molecule has 0 atom stereocenters. The van der Waals surface area contributed by atoms with E-state index in [-0.39, 0.29) is 0 Å². The van der Waals surface area contributed by atoms with Crippen LogP contribution in [0.15, 0.2) is 194 Å². The first-order valence-electron chi connectivity index (χ1n) is 17.6. The van der Waals surface area contributed by atoms with Crippen molar-refractivity contribution >= 4 is 32.7 Å². The molecule has 10 rings (SSSR count). The molecule has 52 heavy (non-hydrogen) atoms. The summed E-state index contributed by atoms with van der Waals surface area (Å²) in [4.78, 5) is 10.1. The van der Waals surface area contributed by atoms with Crippen molar-refractivity contribution in [3.8, 4) is 56.5 Å². The van der Waals surface area contributed by atoms with E-state index in [4.69, 9.17) is 9.97 Å².